The second-order valence-corrected chi connectivity index (χ2v) is 5.35. The number of nitrogens with two attached hydrogens (primary N) is 1. The Morgan fingerprint density at radius 1 is 1.22 bits per heavy atom. The van der Waals surface area contributed by atoms with Crippen molar-refractivity contribution in [2.24, 2.45) is 10.7 Å². The van der Waals surface area contributed by atoms with Gasteiger partial charge in [-0.1, -0.05) is 18.2 Å². The maximum Gasteiger partial charge on any atom is 0.250 e. The average Bonchev–Trinajstić information content (AvgIpc) is 2.98. The SMILES string of the molecule is Cl.NC(=O)c1cccc2cn(-c3ccc4c(c3)CCN=C4)nc12. The van der Waals surface area contributed by atoms with Gasteiger partial charge in [0.25, 0.3) is 5.91 Å². The van der Waals surface area contributed by atoms with E-state index in [0.717, 1.165) is 29.6 Å². The Kier molecular flexibility index (Phi) is 3.88. The summed E-state index contributed by atoms with van der Waals surface area (Å²) < 4.78 is 1.79. The van der Waals surface area contributed by atoms with Gasteiger partial charge in [-0.25, -0.2) is 4.68 Å². The third kappa shape index (κ3) is 2.59. The Morgan fingerprint density at radius 2 is 2.09 bits per heavy atom. The minimum atomic E-state index is -0.461. The molecule has 1 aliphatic rings. The van der Waals surface area contributed by atoms with Crippen LogP contribution in [0.2, 0.25) is 0 Å². The Labute approximate surface area is 139 Å². The highest BCUT2D eigenvalue weighted by atomic mass is 35.5. The summed E-state index contributed by atoms with van der Waals surface area (Å²) >= 11 is 0. The zero-order chi connectivity index (χ0) is 15.1. The van der Waals surface area contributed by atoms with E-state index in [1.54, 1.807) is 10.7 Å². The van der Waals surface area contributed by atoms with Crippen LogP contribution in [0.4, 0.5) is 0 Å². The van der Waals surface area contributed by atoms with E-state index in [9.17, 15) is 4.79 Å². The second-order valence-electron chi connectivity index (χ2n) is 5.35. The Morgan fingerprint density at radius 3 is 2.91 bits per heavy atom. The number of carbonyl (C=O) groups excluding carboxylic acids is 1. The zero-order valence-corrected chi connectivity index (χ0v) is 13.1. The largest absolute Gasteiger partial charge is 0.366 e. The number of primary amides is 1. The van der Waals surface area contributed by atoms with Gasteiger partial charge in [0.1, 0.15) is 5.52 Å². The standard InChI is InChI=1S/C17H14N4O.ClH/c18-17(22)15-3-1-2-13-10-21(20-16(13)15)14-5-4-12-9-19-7-6-11(12)8-14;/h1-5,8-10H,6-7H2,(H2,18,22);1H. The van der Waals surface area contributed by atoms with Gasteiger partial charge in [0.2, 0.25) is 0 Å². The molecule has 3 aromatic rings. The molecular formula is C17H15ClN4O. The first-order valence-electron chi connectivity index (χ1n) is 7.14. The molecule has 1 aromatic heterocycles. The number of carbonyl (C=O) groups is 1. The van der Waals surface area contributed by atoms with Crippen molar-refractivity contribution < 1.29 is 4.79 Å². The fourth-order valence-corrected chi connectivity index (χ4v) is 2.80. The molecule has 116 valence electrons. The summed E-state index contributed by atoms with van der Waals surface area (Å²) in [6.07, 6.45) is 4.76. The highest BCUT2D eigenvalue weighted by Crippen LogP contribution is 2.21. The van der Waals surface area contributed by atoms with Gasteiger partial charge in [-0.2, -0.15) is 5.10 Å². The number of nitrogens with zero attached hydrogens (tertiary/aromatic N) is 3. The van der Waals surface area contributed by atoms with Crippen molar-refractivity contribution in [2.75, 3.05) is 6.54 Å². The number of hydrogen-bond donors (Lipinski definition) is 1. The molecule has 5 nitrogen and oxygen atoms in total. The highest BCUT2D eigenvalue weighted by molar-refractivity contribution is 6.04. The fraction of sp³-hybridized carbons (Fsp3) is 0.118. The van der Waals surface area contributed by atoms with E-state index in [-0.39, 0.29) is 12.4 Å². The van der Waals surface area contributed by atoms with Crippen molar-refractivity contribution in [1.29, 1.82) is 0 Å². The predicted octanol–water partition coefficient (Wildman–Crippen LogP) is 2.52. The van der Waals surface area contributed by atoms with Gasteiger partial charge in [-0.05, 0) is 35.7 Å². The van der Waals surface area contributed by atoms with Crippen molar-refractivity contribution in [2.45, 2.75) is 6.42 Å². The van der Waals surface area contributed by atoms with Crippen molar-refractivity contribution in [3.63, 3.8) is 0 Å². The van der Waals surface area contributed by atoms with Crippen molar-refractivity contribution in [3.8, 4) is 5.69 Å². The first-order chi connectivity index (χ1) is 10.7. The van der Waals surface area contributed by atoms with Crippen LogP contribution in [-0.4, -0.2) is 28.4 Å². The molecule has 2 N–H and O–H groups in total. The second kappa shape index (κ2) is 5.85. The van der Waals surface area contributed by atoms with Gasteiger partial charge in [0, 0.05) is 24.3 Å². The van der Waals surface area contributed by atoms with E-state index in [1.807, 2.05) is 30.6 Å². The average molecular weight is 327 g/mol. The van der Waals surface area contributed by atoms with Gasteiger partial charge in [0.05, 0.1) is 11.3 Å². The van der Waals surface area contributed by atoms with Crippen LogP contribution in [0.25, 0.3) is 16.6 Å². The van der Waals surface area contributed by atoms with Gasteiger partial charge in [-0.3, -0.25) is 9.79 Å². The van der Waals surface area contributed by atoms with Crippen LogP contribution in [-0.2, 0) is 6.42 Å². The summed E-state index contributed by atoms with van der Waals surface area (Å²) in [6, 6.07) is 11.6. The molecule has 1 aliphatic heterocycles. The molecule has 0 bridgehead atoms. The lowest BCUT2D eigenvalue weighted by molar-refractivity contribution is 0.100. The normalized spacial score (nSPS) is 12.7. The maximum atomic E-state index is 11.5. The molecule has 0 unspecified atom stereocenters. The molecule has 0 radical (unpaired) electrons. The number of aromatic nitrogens is 2. The molecule has 0 atom stereocenters. The number of benzene rings is 2. The molecule has 4 rings (SSSR count). The summed E-state index contributed by atoms with van der Waals surface area (Å²) in [5, 5.41) is 5.43. The van der Waals surface area contributed by atoms with E-state index in [0.29, 0.717) is 11.1 Å². The lowest BCUT2D eigenvalue weighted by Gasteiger charge is -2.11. The van der Waals surface area contributed by atoms with E-state index in [2.05, 4.69) is 22.2 Å². The Hall–Kier alpha value is -2.66. The number of rotatable bonds is 2. The predicted molar refractivity (Wildman–Crippen MR) is 93.0 cm³/mol. The first kappa shape index (κ1) is 15.2. The smallest absolute Gasteiger partial charge is 0.250 e. The van der Waals surface area contributed by atoms with E-state index >= 15 is 0 Å². The number of amides is 1. The van der Waals surface area contributed by atoms with Crippen LogP contribution in [0.15, 0.2) is 47.6 Å². The third-order valence-electron chi connectivity index (χ3n) is 3.93. The van der Waals surface area contributed by atoms with Gasteiger partial charge < -0.3 is 5.73 Å². The molecule has 2 heterocycles. The first-order valence-corrected chi connectivity index (χ1v) is 7.14. The monoisotopic (exact) mass is 326 g/mol. The van der Waals surface area contributed by atoms with E-state index < -0.39 is 5.91 Å². The third-order valence-corrected chi connectivity index (χ3v) is 3.93. The van der Waals surface area contributed by atoms with Crippen LogP contribution in [0.3, 0.4) is 0 Å². The minimum absolute atomic E-state index is 0. The van der Waals surface area contributed by atoms with Crippen LogP contribution in [0.1, 0.15) is 21.5 Å². The molecule has 0 fully saturated rings. The summed E-state index contributed by atoms with van der Waals surface area (Å²) in [4.78, 5) is 15.8. The van der Waals surface area contributed by atoms with Gasteiger partial charge >= 0.3 is 0 Å². The molecule has 0 aliphatic carbocycles. The van der Waals surface area contributed by atoms with Crippen molar-refractivity contribution in [1.82, 2.24) is 9.78 Å². The number of aliphatic imine (C=N–C) groups is 1. The molecule has 6 heteroatoms. The molecule has 1 amide bonds. The minimum Gasteiger partial charge on any atom is -0.366 e. The van der Waals surface area contributed by atoms with E-state index in [4.69, 9.17) is 5.73 Å². The Balaban J connectivity index is 0.00000156. The van der Waals surface area contributed by atoms with Crippen molar-refractivity contribution in [3.05, 3.63) is 59.3 Å². The number of hydrogen-bond acceptors (Lipinski definition) is 3. The molecule has 2 aromatic carbocycles. The lowest BCUT2D eigenvalue weighted by atomic mass is 10.0. The van der Waals surface area contributed by atoms with Gasteiger partial charge in [-0.15, -0.1) is 12.4 Å². The topological polar surface area (TPSA) is 73.3 Å². The molecule has 0 saturated heterocycles. The Bertz CT molecular complexity index is 929. The number of halogens is 1. The van der Waals surface area contributed by atoms with Crippen molar-refractivity contribution >= 4 is 35.4 Å². The highest BCUT2D eigenvalue weighted by Gasteiger charge is 2.12. The van der Waals surface area contributed by atoms with E-state index in [1.165, 1.54) is 5.56 Å². The summed E-state index contributed by atoms with van der Waals surface area (Å²) in [6.45, 7) is 0.823. The maximum absolute atomic E-state index is 11.5. The van der Waals surface area contributed by atoms with Crippen LogP contribution < -0.4 is 5.73 Å². The lowest BCUT2D eigenvalue weighted by Crippen LogP contribution is -2.11. The summed E-state index contributed by atoms with van der Waals surface area (Å²) in [7, 11) is 0. The quantitative estimate of drug-likeness (QED) is 0.786. The van der Waals surface area contributed by atoms with Crippen LogP contribution >= 0.6 is 12.4 Å². The van der Waals surface area contributed by atoms with Crippen LogP contribution in [0.5, 0.6) is 0 Å². The molecular weight excluding hydrogens is 312 g/mol. The molecule has 23 heavy (non-hydrogen) atoms. The summed E-state index contributed by atoms with van der Waals surface area (Å²) in [5.74, 6) is -0.461. The summed E-state index contributed by atoms with van der Waals surface area (Å²) in [5.41, 5.74) is 9.89. The zero-order valence-electron chi connectivity index (χ0n) is 12.3. The van der Waals surface area contributed by atoms with Gasteiger partial charge in [0.15, 0.2) is 0 Å². The number of fused-ring (bicyclic) bond motifs is 2. The molecule has 0 spiro atoms. The molecule has 0 saturated carbocycles. The van der Waals surface area contributed by atoms with Crippen LogP contribution in [0, 0.1) is 0 Å². The fourth-order valence-electron chi connectivity index (χ4n) is 2.80.